The van der Waals surface area contributed by atoms with Crippen LogP contribution < -0.4 is 5.73 Å². The molecule has 1 saturated carbocycles. The average Bonchev–Trinajstić information content (AvgIpc) is 2.97. The summed E-state index contributed by atoms with van der Waals surface area (Å²) in [6.45, 7) is 2.20. The summed E-state index contributed by atoms with van der Waals surface area (Å²) in [4.78, 5) is 0. The van der Waals surface area contributed by atoms with E-state index in [9.17, 15) is 0 Å². The van der Waals surface area contributed by atoms with Crippen LogP contribution in [-0.4, -0.2) is 10.1 Å². The Morgan fingerprint density at radius 1 is 1.31 bits per heavy atom. The number of hydrogen-bond donors (Lipinski definition) is 1. The maximum atomic E-state index is 6.24. The van der Waals surface area contributed by atoms with Crippen molar-refractivity contribution in [1.29, 1.82) is 0 Å². The van der Waals surface area contributed by atoms with Crippen LogP contribution in [0.2, 0.25) is 0 Å². The zero-order valence-electron chi connectivity index (χ0n) is 9.96. The highest BCUT2D eigenvalue weighted by Crippen LogP contribution is 2.38. The van der Waals surface area contributed by atoms with E-state index in [0.717, 1.165) is 6.42 Å². The number of benzene rings is 1. The maximum absolute atomic E-state index is 6.24. The third-order valence-electron chi connectivity index (χ3n) is 3.95. The van der Waals surface area contributed by atoms with Crippen molar-refractivity contribution in [3.8, 4) is 0 Å². The van der Waals surface area contributed by atoms with Crippen LogP contribution in [0.15, 0.2) is 24.3 Å². The highest BCUT2D eigenvalue weighted by Gasteiger charge is 2.39. The van der Waals surface area contributed by atoms with E-state index in [1.165, 1.54) is 35.0 Å². The molecule has 0 bridgehead atoms. The third kappa shape index (κ3) is 1.37. The fourth-order valence-electron chi connectivity index (χ4n) is 2.51. The molecule has 0 saturated heterocycles. The molecule has 2 heteroatoms. The molecular weight excluding hydrogens is 196 g/mol. The lowest BCUT2D eigenvalue weighted by atomic mass is 10.0. The third-order valence-corrected chi connectivity index (χ3v) is 3.95. The van der Waals surface area contributed by atoms with Gasteiger partial charge in [0.05, 0.1) is 0 Å². The Bertz CT molecular complexity index is 547. The van der Waals surface area contributed by atoms with E-state index < -0.39 is 0 Å². The smallest absolute Gasteiger partial charge is 0.0482 e. The van der Waals surface area contributed by atoms with Gasteiger partial charge in [-0.3, -0.25) is 0 Å². The van der Waals surface area contributed by atoms with E-state index >= 15 is 0 Å². The summed E-state index contributed by atoms with van der Waals surface area (Å²) >= 11 is 0. The minimum Gasteiger partial charge on any atom is -0.348 e. The Hall–Kier alpha value is -1.28. The van der Waals surface area contributed by atoms with Crippen molar-refractivity contribution in [2.75, 3.05) is 0 Å². The lowest BCUT2D eigenvalue weighted by Crippen LogP contribution is -2.24. The molecule has 1 aliphatic rings. The first-order chi connectivity index (χ1) is 7.61. The van der Waals surface area contributed by atoms with Crippen LogP contribution in [-0.2, 0) is 13.5 Å². The van der Waals surface area contributed by atoms with Gasteiger partial charge in [-0.05, 0) is 37.8 Å². The highest BCUT2D eigenvalue weighted by atomic mass is 14.9. The molecule has 0 spiro atoms. The van der Waals surface area contributed by atoms with Crippen LogP contribution in [0.25, 0.3) is 10.9 Å². The van der Waals surface area contributed by atoms with Crippen molar-refractivity contribution in [3.05, 3.63) is 35.5 Å². The number of para-hydroxylation sites is 1. The van der Waals surface area contributed by atoms with Gasteiger partial charge in [-0.1, -0.05) is 18.2 Å². The summed E-state index contributed by atoms with van der Waals surface area (Å²) in [5.41, 5.74) is 10.5. The number of nitrogens with two attached hydrogens (primary N) is 1. The van der Waals surface area contributed by atoms with Crippen LogP contribution in [0.1, 0.15) is 24.1 Å². The standard InChI is InChI=1S/C14H18N2/c1-10-12(9-14(15)7-8-14)11-5-3-4-6-13(11)16(10)2/h3-6H,7-9,15H2,1-2H3. The van der Waals surface area contributed by atoms with Crippen molar-refractivity contribution in [3.63, 3.8) is 0 Å². The second-order valence-corrected chi connectivity index (χ2v) is 5.18. The molecule has 0 unspecified atom stereocenters. The zero-order chi connectivity index (χ0) is 11.3. The van der Waals surface area contributed by atoms with Crippen LogP contribution in [0.4, 0.5) is 0 Å². The number of rotatable bonds is 2. The Morgan fingerprint density at radius 2 is 2.00 bits per heavy atom. The highest BCUT2D eigenvalue weighted by molar-refractivity contribution is 5.85. The summed E-state index contributed by atoms with van der Waals surface area (Å²) in [6.07, 6.45) is 3.38. The fraction of sp³-hybridized carbons (Fsp3) is 0.429. The van der Waals surface area contributed by atoms with Crippen molar-refractivity contribution >= 4 is 10.9 Å². The quantitative estimate of drug-likeness (QED) is 0.818. The van der Waals surface area contributed by atoms with Crippen LogP contribution in [0.3, 0.4) is 0 Å². The van der Waals surface area contributed by atoms with Crippen LogP contribution in [0, 0.1) is 6.92 Å². The minimum absolute atomic E-state index is 0.0921. The summed E-state index contributed by atoms with van der Waals surface area (Å²) in [7, 11) is 2.14. The number of aryl methyl sites for hydroxylation is 1. The van der Waals surface area contributed by atoms with E-state index in [1.54, 1.807) is 0 Å². The van der Waals surface area contributed by atoms with Gasteiger partial charge in [0.25, 0.3) is 0 Å². The van der Waals surface area contributed by atoms with E-state index in [-0.39, 0.29) is 5.54 Å². The SMILES string of the molecule is Cc1c(CC2(N)CC2)c2ccccc2n1C. The molecule has 1 aromatic heterocycles. The van der Waals surface area contributed by atoms with Crippen LogP contribution >= 0.6 is 0 Å². The number of aromatic nitrogens is 1. The molecule has 1 aliphatic carbocycles. The molecule has 0 atom stereocenters. The summed E-state index contributed by atoms with van der Waals surface area (Å²) in [5, 5.41) is 1.37. The first-order valence-corrected chi connectivity index (χ1v) is 5.92. The number of hydrogen-bond acceptors (Lipinski definition) is 1. The van der Waals surface area contributed by atoms with Gasteiger partial charge < -0.3 is 10.3 Å². The maximum Gasteiger partial charge on any atom is 0.0482 e. The number of nitrogens with zero attached hydrogens (tertiary/aromatic N) is 1. The van der Waals surface area contributed by atoms with Gasteiger partial charge in [0.1, 0.15) is 0 Å². The summed E-state index contributed by atoms with van der Waals surface area (Å²) < 4.78 is 2.27. The second-order valence-electron chi connectivity index (χ2n) is 5.18. The Morgan fingerprint density at radius 3 is 2.69 bits per heavy atom. The molecule has 1 aromatic carbocycles. The minimum atomic E-state index is 0.0921. The topological polar surface area (TPSA) is 30.9 Å². The van der Waals surface area contributed by atoms with Gasteiger partial charge in [-0.15, -0.1) is 0 Å². The van der Waals surface area contributed by atoms with Gasteiger partial charge in [-0.25, -0.2) is 0 Å². The first kappa shape index (κ1) is 9.91. The molecule has 3 rings (SSSR count). The molecule has 0 radical (unpaired) electrons. The van der Waals surface area contributed by atoms with Gasteiger partial charge in [0, 0.05) is 29.2 Å². The molecular formula is C14H18N2. The normalized spacial score (nSPS) is 17.9. The zero-order valence-corrected chi connectivity index (χ0v) is 9.96. The van der Waals surface area contributed by atoms with Gasteiger partial charge in [0.15, 0.2) is 0 Å². The predicted molar refractivity (Wildman–Crippen MR) is 67.5 cm³/mol. The van der Waals surface area contributed by atoms with Gasteiger partial charge in [-0.2, -0.15) is 0 Å². The molecule has 16 heavy (non-hydrogen) atoms. The molecule has 0 amide bonds. The molecule has 0 aliphatic heterocycles. The van der Waals surface area contributed by atoms with Crippen molar-refractivity contribution in [1.82, 2.24) is 4.57 Å². The Labute approximate surface area is 96.1 Å². The van der Waals surface area contributed by atoms with Crippen molar-refractivity contribution < 1.29 is 0 Å². The largest absolute Gasteiger partial charge is 0.348 e. The van der Waals surface area contributed by atoms with E-state index in [2.05, 4.69) is 42.8 Å². The second kappa shape index (κ2) is 3.11. The van der Waals surface area contributed by atoms with Gasteiger partial charge in [0.2, 0.25) is 0 Å². The molecule has 2 nitrogen and oxygen atoms in total. The monoisotopic (exact) mass is 214 g/mol. The number of fused-ring (bicyclic) bond motifs is 1. The lowest BCUT2D eigenvalue weighted by molar-refractivity contribution is 0.669. The Kier molecular flexibility index (Phi) is 1.93. The Balaban J connectivity index is 2.18. The molecule has 1 fully saturated rings. The fourth-order valence-corrected chi connectivity index (χ4v) is 2.51. The first-order valence-electron chi connectivity index (χ1n) is 5.92. The van der Waals surface area contributed by atoms with Crippen molar-refractivity contribution in [2.24, 2.45) is 12.8 Å². The molecule has 1 heterocycles. The van der Waals surface area contributed by atoms with Gasteiger partial charge >= 0.3 is 0 Å². The molecule has 2 aromatic rings. The van der Waals surface area contributed by atoms with E-state index in [1.807, 2.05) is 0 Å². The van der Waals surface area contributed by atoms with Crippen LogP contribution in [0.5, 0.6) is 0 Å². The molecule has 84 valence electrons. The lowest BCUT2D eigenvalue weighted by Gasteiger charge is -2.08. The predicted octanol–water partition coefficient (Wildman–Crippen LogP) is 2.52. The summed E-state index contributed by atoms with van der Waals surface area (Å²) in [6, 6.07) is 8.60. The summed E-state index contributed by atoms with van der Waals surface area (Å²) in [5.74, 6) is 0. The van der Waals surface area contributed by atoms with Crippen molar-refractivity contribution in [2.45, 2.75) is 31.7 Å². The average molecular weight is 214 g/mol. The molecule has 2 N–H and O–H groups in total. The van der Waals surface area contributed by atoms with E-state index in [0.29, 0.717) is 0 Å². The van der Waals surface area contributed by atoms with E-state index in [4.69, 9.17) is 5.73 Å².